The predicted octanol–water partition coefficient (Wildman–Crippen LogP) is 4.36. The van der Waals surface area contributed by atoms with Crippen LogP contribution in [0.5, 0.6) is 0 Å². The molecule has 0 saturated carbocycles. The van der Waals surface area contributed by atoms with Gasteiger partial charge in [-0.05, 0) is 13.3 Å². The highest BCUT2D eigenvalue weighted by Crippen LogP contribution is 2.25. The van der Waals surface area contributed by atoms with Crippen molar-refractivity contribution < 1.29 is 4.74 Å². The zero-order valence-electron chi connectivity index (χ0n) is 11.1. The molecule has 1 atom stereocenters. The van der Waals surface area contributed by atoms with Crippen molar-refractivity contribution in [2.75, 3.05) is 6.61 Å². The van der Waals surface area contributed by atoms with Crippen LogP contribution < -0.4 is 0 Å². The molecule has 3 nitrogen and oxygen atoms in total. The van der Waals surface area contributed by atoms with Crippen LogP contribution in [0.4, 0.5) is 0 Å². The molecular formula is C13H17ClN2OS2. The lowest BCUT2D eigenvalue weighted by Gasteiger charge is -2.13. The molecule has 104 valence electrons. The van der Waals surface area contributed by atoms with Crippen LogP contribution in [0.15, 0.2) is 10.9 Å². The van der Waals surface area contributed by atoms with Crippen LogP contribution in [0.25, 0.3) is 0 Å². The molecule has 0 N–H and O–H groups in total. The standard InChI is InChI=1S/C13H17ClN2OS2/c1-3-11(13-16-10(6-14)7-18-13)17-5-4-12-9(2)15-8-19-12/h7-8,11H,3-6H2,1-2H3. The quantitative estimate of drug-likeness (QED) is 0.712. The third-order valence-electron chi connectivity index (χ3n) is 2.85. The second-order valence-electron chi connectivity index (χ2n) is 4.19. The SMILES string of the molecule is CCC(OCCc1scnc1C)c1nc(CCl)cs1. The van der Waals surface area contributed by atoms with Gasteiger partial charge in [-0.15, -0.1) is 34.3 Å². The van der Waals surface area contributed by atoms with Crippen LogP contribution in [-0.4, -0.2) is 16.6 Å². The fourth-order valence-corrected chi connectivity index (χ4v) is 3.70. The molecule has 6 heteroatoms. The third-order valence-corrected chi connectivity index (χ3v) is 5.10. The van der Waals surface area contributed by atoms with Gasteiger partial charge in [0.15, 0.2) is 0 Å². The van der Waals surface area contributed by atoms with Crippen molar-refractivity contribution >= 4 is 34.3 Å². The van der Waals surface area contributed by atoms with Gasteiger partial charge in [0.1, 0.15) is 11.1 Å². The Morgan fingerprint density at radius 1 is 1.42 bits per heavy atom. The molecule has 2 aromatic rings. The molecule has 1 unspecified atom stereocenters. The molecule has 0 saturated heterocycles. The molecule has 0 radical (unpaired) electrons. The molecule has 2 heterocycles. The molecule has 2 rings (SSSR count). The van der Waals surface area contributed by atoms with Crippen molar-refractivity contribution in [1.29, 1.82) is 0 Å². The fourth-order valence-electron chi connectivity index (χ4n) is 1.76. The minimum absolute atomic E-state index is 0.0789. The number of nitrogens with zero attached hydrogens (tertiary/aromatic N) is 2. The van der Waals surface area contributed by atoms with Gasteiger partial charge in [0.25, 0.3) is 0 Å². The summed E-state index contributed by atoms with van der Waals surface area (Å²) in [4.78, 5) is 10.0. The van der Waals surface area contributed by atoms with Crippen molar-refractivity contribution in [1.82, 2.24) is 9.97 Å². The average Bonchev–Trinajstić information content (AvgIpc) is 3.04. The van der Waals surface area contributed by atoms with Gasteiger partial charge in [-0.1, -0.05) is 6.92 Å². The maximum atomic E-state index is 5.95. The number of aryl methyl sites for hydroxylation is 1. The van der Waals surface area contributed by atoms with E-state index in [2.05, 4.69) is 16.9 Å². The van der Waals surface area contributed by atoms with Gasteiger partial charge in [0, 0.05) is 16.7 Å². The molecule has 0 spiro atoms. The third kappa shape index (κ3) is 3.99. The van der Waals surface area contributed by atoms with E-state index in [1.54, 1.807) is 22.7 Å². The van der Waals surface area contributed by atoms with E-state index in [-0.39, 0.29) is 6.10 Å². The van der Waals surface area contributed by atoms with E-state index < -0.39 is 0 Å². The summed E-state index contributed by atoms with van der Waals surface area (Å²) in [5, 5.41) is 3.03. The summed E-state index contributed by atoms with van der Waals surface area (Å²) < 4.78 is 5.95. The Labute approximate surface area is 126 Å². The molecule has 0 aliphatic heterocycles. The topological polar surface area (TPSA) is 35.0 Å². The van der Waals surface area contributed by atoms with Crippen LogP contribution >= 0.6 is 34.3 Å². The van der Waals surface area contributed by atoms with Crippen molar-refractivity contribution in [3.63, 3.8) is 0 Å². The van der Waals surface area contributed by atoms with Crippen LogP contribution in [-0.2, 0) is 17.0 Å². The van der Waals surface area contributed by atoms with E-state index in [4.69, 9.17) is 16.3 Å². The first kappa shape index (κ1) is 14.9. The lowest BCUT2D eigenvalue weighted by atomic mass is 10.3. The van der Waals surface area contributed by atoms with Crippen LogP contribution in [0, 0.1) is 6.92 Å². The zero-order valence-corrected chi connectivity index (χ0v) is 13.4. The van der Waals surface area contributed by atoms with E-state index in [9.17, 15) is 0 Å². The first-order valence-corrected chi connectivity index (χ1v) is 8.54. The van der Waals surface area contributed by atoms with Gasteiger partial charge in [-0.2, -0.15) is 0 Å². The highest BCUT2D eigenvalue weighted by atomic mass is 35.5. The summed E-state index contributed by atoms with van der Waals surface area (Å²) in [7, 11) is 0. The number of thiazole rings is 2. The molecule has 0 aromatic carbocycles. The van der Waals surface area contributed by atoms with Crippen molar-refractivity contribution in [2.24, 2.45) is 0 Å². The van der Waals surface area contributed by atoms with Crippen LogP contribution in [0.2, 0.25) is 0 Å². The molecular weight excluding hydrogens is 300 g/mol. The molecule has 19 heavy (non-hydrogen) atoms. The van der Waals surface area contributed by atoms with E-state index in [0.29, 0.717) is 12.5 Å². The summed E-state index contributed by atoms with van der Waals surface area (Å²) in [6.07, 6.45) is 1.92. The summed E-state index contributed by atoms with van der Waals surface area (Å²) >= 11 is 9.09. The van der Waals surface area contributed by atoms with Crippen molar-refractivity contribution in [3.8, 4) is 0 Å². The molecule has 2 aromatic heterocycles. The normalized spacial score (nSPS) is 12.8. The second kappa shape index (κ2) is 7.33. The minimum atomic E-state index is 0.0789. The average molecular weight is 317 g/mol. The summed E-state index contributed by atoms with van der Waals surface area (Å²) in [6.45, 7) is 4.86. The Morgan fingerprint density at radius 2 is 2.26 bits per heavy atom. The number of hydrogen-bond acceptors (Lipinski definition) is 5. The second-order valence-corrected chi connectivity index (χ2v) is 6.29. The van der Waals surface area contributed by atoms with Gasteiger partial charge in [0.2, 0.25) is 0 Å². The molecule has 0 aliphatic rings. The smallest absolute Gasteiger partial charge is 0.122 e. The Balaban J connectivity index is 1.87. The van der Waals surface area contributed by atoms with Gasteiger partial charge in [-0.3, -0.25) is 0 Å². The van der Waals surface area contributed by atoms with Gasteiger partial charge in [0.05, 0.1) is 29.4 Å². The Morgan fingerprint density at radius 3 is 2.84 bits per heavy atom. The molecule has 0 aliphatic carbocycles. The van der Waals surface area contributed by atoms with Crippen molar-refractivity contribution in [3.05, 3.63) is 32.2 Å². The van der Waals surface area contributed by atoms with Gasteiger partial charge >= 0.3 is 0 Å². The number of hydrogen-bond donors (Lipinski definition) is 0. The van der Waals surface area contributed by atoms with Gasteiger partial charge in [-0.25, -0.2) is 9.97 Å². The molecule has 0 bridgehead atoms. The zero-order chi connectivity index (χ0) is 13.7. The minimum Gasteiger partial charge on any atom is -0.371 e. The number of alkyl halides is 1. The lowest BCUT2D eigenvalue weighted by Crippen LogP contribution is -2.06. The highest BCUT2D eigenvalue weighted by molar-refractivity contribution is 7.10. The van der Waals surface area contributed by atoms with Crippen molar-refractivity contribution in [2.45, 2.75) is 38.7 Å². The van der Waals surface area contributed by atoms with E-state index in [1.165, 1.54) is 4.88 Å². The van der Waals surface area contributed by atoms with E-state index >= 15 is 0 Å². The van der Waals surface area contributed by atoms with Gasteiger partial charge < -0.3 is 4.74 Å². The number of ether oxygens (including phenoxy) is 1. The van der Waals surface area contributed by atoms with Crippen LogP contribution in [0.3, 0.4) is 0 Å². The largest absolute Gasteiger partial charge is 0.371 e. The number of rotatable bonds is 7. The Bertz CT molecular complexity index is 512. The van der Waals surface area contributed by atoms with E-state index in [0.717, 1.165) is 29.2 Å². The number of halogens is 1. The summed E-state index contributed by atoms with van der Waals surface area (Å²) in [6, 6.07) is 0. The Kier molecular flexibility index (Phi) is 5.76. The predicted molar refractivity (Wildman–Crippen MR) is 81.2 cm³/mol. The monoisotopic (exact) mass is 316 g/mol. The first-order valence-electron chi connectivity index (χ1n) is 6.25. The first-order chi connectivity index (χ1) is 9.24. The van der Waals surface area contributed by atoms with E-state index in [1.807, 2.05) is 17.8 Å². The lowest BCUT2D eigenvalue weighted by molar-refractivity contribution is 0.0521. The maximum Gasteiger partial charge on any atom is 0.122 e. The number of aromatic nitrogens is 2. The molecule has 0 fully saturated rings. The van der Waals surface area contributed by atoms with Crippen LogP contribution in [0.1, 0.15) is 40.7 Å². The molecule has 0 amide bonds. The summed E-state index contributed by atoms with van der Waals surface area (Å²) in [5.74, 6) is 0.465. The highest BCUT2D eigenvalue weighted by Gasteiger charge is 2.14. The Hall–Kier alpha value is -0.490. The summed E-state index contributed by atoms with van der Waals surface area (Å²) in [5.41, 5.74) is 3.93. The maximum absolute atomic E-state index is 5.95. The fraction of sp³-hybridized carbons (Fsp3) is 0.538.